The Bertz CT molecular complexity index is 1040. The SMILES string of the molecule is CN(CC1COc2ccccc2O1)C(=O)c1cccc2c3c([nH]c12)CCCC3. The van der Waals surface area contributed by atoms with Crippen LogP contribution in [0.3, 0.4) is 0 Å². The summed E-state index contributed by atoms with van der Waals surface area (Å²) in [4.78, 5) is 18.5. The Kier molecular flexibility index (Phi) is 4.23. The third kappa shape index (κ3) is 2.91. The highest BCUT2D eigenvalue weighted by Crippen LogP contribution is 2.32. The first kappa shape index (κ1) is 17.2. The summed E-state index contributed by atoms with van der Waals surface area (Å²) in [6.07, 6.45) is 4.41. The van der Waals surface area contributed by atoms with Crippen molar-refractivity contribution in [3.8, 4) is 11.5 Å². The highest BCUT2D eigenvalue weighted by Gasteiger charge is 2.26. The van der Waals surface area contributed by atoms with Gasteiger partial charge in [-0.25, -0.2) is 0 Å². The number of H-pyrrole nitrogens is 1. The van der Waals surface area contributed by atoms with Crippen LogP contribution >= 0.6 is 0 Å². The van der Waals surface area contributed by atoms with Crippen LogP contribution in [-0.4, -0.2) is 42.1 Å². The fourth-order valence-corrected chi connectivity index (χ4v) is 4.36. The van der Waals surface area contributed by atoms with Crippen LogP contribution in [0.1, 0.15) is 34.5 Å². The number of aryl methyl sites for hydroxylation is 2. The van der Waals surface area contributed by atoms with E-state index in [1.54, 1.807) is 4.90 Å². The molecule has 3 aromatic rings. The van der Waals surface area contributed by atoms with Crippen molar-refractivity contribution in [3.63, 3.8) is 0 Å². The van der Waals surface area contributed by atoms with Gasteiger partial charge in [-0.3, -0.25) is 4.79 Å². The zero-order chi connectivity index (χ0) is 19.1. The number of likely N-dealkylation sites (N-methyl/N-ethyl adjacent to an activating group) is 1. The highest BCUT2D eigenvalue weighted by molar-refractivity contribution is 6.06. The maximum Gasteiger partial charge on any atom is 0.255 e. The normalized spacial score (nSPS) is 18.0. The van der Waals surface area contributed by atoms with E-state index in [-0.39, 0.29) is 12.0 Å². The minimum atomic E-state index is -0.181. The minimum Gasteiger partial charge on any atom is -0.486 e. The molecule has 144 valence electrons. The van der Waals surface area contributed by atoms with Gasteiger partial charge >= 0.3 is 0 Å². The van der Waals surface area contributed by atoms with Crippen molar-refractivity contribution in [2.75, 3.05) is 20.2 Å². The molecule has 5 heteroatoms. The maximum atomic E-state index is 13.2. The number of amides is 1. The highest BCUT2D eigenvalue weighted by atomic mass is 16.6. The fourth-order valence-electron chi connectivity index (χ4n) is 4.36. The van der Waals surface area contributed by atoms with Crippen LogP contribution in [0.4, 0.5) is 0 Å². The quantitative estimate of drug-likeness (QED) is 0.753. The van der Waals surface area contributed by atoms with Crippen molar-refractivity contribution < 1.29 is 14.3 Å². The summed E-state index contributed by atoms with van der Waals surface area (Å²) in [6.45, 7) is 0.916. The van der Waals surface area contributed by atoms with Crippen LogP contribution in [0, 0.1) is 0 Å². The summed E-state index contributed by atoms with van der Waals surface area (Å²) >= 11 is 0. The molecule has 1 aliphatic carbocycles. The first-order valence-corrected chi connectivity index (χ1v) is 9.97. The largest absolute Gasteiger partial charge is 0.486 e. The lowest BCUT2D eigenvalue weighted by molar-refractivity contribution is 0.0522. The molecule has 0 bridgehead atoms. The number of rotatable bonds is 3. The zero-order valence-electron chi connectivity index (χ0n) is 16.0. The number of nitrogens with one attached hydrogen (secondary N) is 1. The van der Waals surface area contributed by atoms with Crippen LogP contribution in [0.5, 0.6) is 11.5 Å². The van der Waals surface area contributed by atoms with E-state index in [0.29, 0.717) is 13.2 Å². The van der Waals surface area contributed by atoms with Crippen molar-refractivity contribution in [3.05, 3.63) is 59.3 Å². The first-order chi connectivity index (χ1) is 13.7. The molecule has 1 aromatic heterocycles. The van der Waals surface area contributed by atoms with Crippen molar-refractivity contribution >= 4 is 16.8 Å². The molecule has 1 N–H and O–H groups in total. The zero-order valence-corrected chi connectivity index (χ0v) is 16.0. The Labute approximate surface area is 164 Å². The smallest absolute Gasteiger partial charge is 0.255 e. The number of carbonyl (C=O) groups excluding carboxylic acids is 1. The summed E-state index contributed by atoms with van der Waals surface area (Å²) in [5.41, 5.74) is 4.38. The molecule has 1 atom stereocenters. The third-order valence-electron chi connectivity index (χ3n) is 5.76. The van der Waals surface area contributed by atoms with E-state index in [1.165, 1.54) is 29.5 Å². The van der Waals surface area contributed by atoms with Crippen molar-refractivity contribution in [2.45, 2.75) is 31.8 Å². The van der Waals surface area contributed by atoms with E-state index in [4.69, 9.17) is 9.47 Å². The van der Waals surface area contributed by atoms with Gasteiger partial charge in [0, 0.05) is 18.1 Å². The molecule has 0 saturated carbocycles. The van der Waals surface area contributed by atoms with Gasteiger partial charge in [0.25, 0.3) is 5.91 Å². The number of nitrogens with zero attached hydrogens (tertiary/aromatic N) is 1. The Hall–Kier alpha value is -2.95. The predicted octanol–water partition coefficient (Wildman–Crippen LogP) is 3.96. The number of aromatic nitrogens is 1. The Balaban J connectivity index is 1.37. The lowest BCUT2D eigenvalue weighted by Gasteiger charge is -2.29. The van der Waals surface area contributed by atoms with Crippen molar-refractivity contribution in [1.82, 2.24) is 9.88 Å². The summed E-state index contributed by atoms with van der Waals surface area (Å²) in [5, 5.41) is 1.19. The molecular weight excluding hydrogens is 352 g/mol. The lowest BCUT2D eigenvalue weighted by atomic mass is 9.95. The fraction of sp³-hybridized carbons (Fsp3) is 0.348. The molecule has 2 heterocycles. The molecule has 1 aliphatic heterocycles. The van der Waals surface area contributed by atoms with Gasteiger partial charge in [-0.15, -0.1) is 0 Å². The van der Waals surface area contributed by atoms with Crippen LogP contribution in [0.15, 0.2) is 42.5 Å². The van der Waals surface area contributed by atoms with Gasteiger partial charge in [-0.2, -0.15) is 0 Å². The summed E-state index contributed by atoms with van der Waals surface area (Å²) in [5.74, 6) is 1.50. The van der Waals surface area contributed by atoms with Crippen molar-refractivity contribution in [2.24, 2.45) is 0 Å². The minimum absolute atomic E-state index is 0.00616. The number of hydrogen-bond acceptors (Lipinski definition) is 3. The Morgan fingerprint density at radius 3 is 2.82 bits per heavy atom. The molecule has 1 amide bonds. The van der Waals surface area contributed by atoms with Gasteiger partial charge < -0.3 is 19.4 Å². The van der Waals surface area contributed by atoms with E-state index < -0.39 is 0 Å². The molecule has 2 aromatic carbocycles. The van der Waals surface area contributed by atoms with Gasteiger partial charge in [-0.05, 0) is 49.4 Å². The lowest BCUT2D eigenvalue weighted by Crippen LogP contribution is -2.41. The second kappa shape index (κ2) is 6.89. The first-order valence-electron chi connectivity index (χ1n) is 9.97. The van der Waals surface area contributed by atoms with Crippen LogP contribution in [-0.2, 0) is 12.8 Å². The van der Waals surface area contributed by atoms with Gasteiger partial charge in [-0.1, -0.05) is 24.3 Å². The Morgan fingerprint density at radius 2 is 1.93 bits per heavy atom. The maximum absolute atomic E-state index is 13.2. The molecule has 1 unspecified atom stereocenters. The molecule has 5 rings (SSSR count). The van der Waals surface area contributed by atoms with Crippen LogP contribution in [0.2, 0.25) is 0 Å². The number of ether oxygens (including phenoxy) is 2. The average molecular weight is 376 g/mol. The van der Waals surface area contributed by atoms with E-state index >= 15 is 0 Å². The van der Waals surface area contributed by atoms with Crippen molar-refractivity contribution in [1.29, 1.82) is 0 Å². The summed E-state index contributed by atoms with van der Waals surface area (Å²) < 4.78 is 11.8. The number of fused-ring (bicyclic) bond motifs is 4. The standard InChI is InChI=1S/C23H24N2O3/c1-25(13-15-14-27-20-11-4-5-12-21(20)28-15)23(26)18-9-6-8-17-16-7-2-3-10-19(16)24-22(17)18/h4-6,8-9,11-12,15,24H,2-3,7,10,13-14H2,1H3. The molecule has 0 radical (unpaired) electrons. The molecule has 5 nitrogen and oxygen atoms in total. The van der Waals surface area contributed by atoms with Gasteiger partial charge in [0.2, 0.25) is 0 Å². The third-order valence-corrected chi connectivity index (χ3v) is 5.76. The number of hydrogen-bond donors (Lipinski definition) is 1. The summed E-state index contributed by atoms with van der Waals surface area (Å²) in [6, 6.07) is 13.7. The average Bonchev–Trinajstić information content (AvgIpc) is 3.12. The summed E-state index contributed by atoms with van der Waals surface area (Å²) in [7, 11) is 1.83. The van der Waals surface area contributed by atoms with E-state index in [1.807, 2.05) is 43.4 Å². The topological polar surface area (TPSA) is 54.6 Å². The number of aromatic amines is 1. The molecule has 0 saturated heterocycles. The van der Waals surface area contributed by atoms with Crippen LogP contribution in [0.25, 0.3) is 10.9 Å². The molecule has 2 aliphatic rings. The second-order valence-electron chi connectivity index (χ2n) is 7.70. The molecular formula is C23H24N2O3. The van der Waals surface area contributed by atoms with Gasteiger partial charge in [0.05, 0.1) is 17.6 Å². The predicted molar refractivity (Wildman–Crippen MR) is 108 cm³/mol. The Morgan fingerprint density at radius 1 is 1.11 bits per heavy atom. The van der Waals surface area contributed by atoms with E-state index in [9.17, 15) is 4.79 Å². The number of para-hydroxylation sites is 3. The molecule has 0 fully saturated rings. The van der Waals surface area contributed by atoms with Gasteiger partial charge in [0.1, 0.15) is 6.61 Å². The van der Waals surface area contributed by atoms with E-state index in [2.05, 4.69) is 11.1 Å². The monoisotopic (exact) mass is 376 g/mol. The van der Waals surface area contributed by atoms with Gasteiger partial charge in [0.15, 0.2) is 17.6 Å². The second-order valence-corrected chi connectivity index (χ2v) is 7.70. The number of benzene rings is 2. The number of carbonyl (C=O) groups is 1. The van der Waals surface area contributed by atoms with Crippen LogP contribution < -0.4 is 9.47 Å². The van der Waals surface area contributed by atoms with E-state index in [0.717, 1.165) is 35.4 Å². The molecule has 0 spiro atoms. The molecule has 28 heavy (non-hydrogen) atoms.